The van der Waals surface area contributed by atoms with E-state index in [4.69, 9.17) is 0 Å². The number of amides is 1. The van der Waals surface area contributed by atoms with Gasteiger partial charge in [-0.1, -0.05) is 48.6 Å². The van der Waals surface area contributed by atoms with E-state index in [-0.39, 0.29) is 5.91 Å². The first-order chi connectivity index (χ1) is 9.67. The van der Waals surface area contributed by atoms with Crippen LogP contribution in [0.5, 0.6) is 0 Å². The molecule has 1 aromatic carbocycles. The molecule has 2 aromatic rings. The standard InChI is InChI=1S/C14H18N4OS/c1-3-13-16-17-14(20-13)15-12(19)10-18(2)9-11-7-5-4-6-8-11/h4-8H,3,9-10H2,1-2H3,(H,15,17,19). The highest BCUT2D eigenvalue weighted by Gasteiger charge is 2.10. The summed E-state index contributed by atoms with van der Waals surface area (Å²) in [6.45, 7) is 3.08. The van der Waals surface area contributed by atoms with Gasteiger partial charge in [-0.25, -0.2) is 0 Å². The molecule has 1 amide bonds. The zero-order valence-electron chi connectivity index (χ0n) is 11.7. The maximum atomic E-state index is 11.9. The number of aryl methyl sites for hydroxylation is 1. The van der Waals surface area contributed by atoms with Crippen molar-refractivity contribution in [2.75, 3.05) is 18.9 Å². The van der Waals surface area contributed by atoms with Crippen molar-refractivity contribution in [3.8, 4) is 0 Å². The molecule has 1 heterocycles. The highest BCUT2D eigenvalue weighted by atomic mass is 32.1. The average molecular weight is 290 g/mol. The number of hydrogen-bond acceptors (Lipinski definition) is 5. The predicted molar refractivity (Wildman–Crippen MR) is 80.7 cm³/mol. The molecule has 6 heteroatoms. The SMILES string of the molecule is CCc1nnc(NC(=O)CN(C)Cc2ccccc2)s1. The Hall–Kier alpha value is -1.79. The molecular weight excluding hydrogens is 272 g/mol. The molecular formula is C14H18N4OS. The fourth-order valence-corrected chi connectivity index (χ4v) is 2.50. The van der Waals surface area contributed by atoms with Crippen LogP contribution in [0.2, 0.25) is 0 Å². The number of carbonyl (C=O) groups is 1. The zero-order chi connectivity index (χ0) is 14.4. The van der Waals surface area contributed by atoms with Crippen LogP contribution >= 0.6 is 11.3 Å². The van der Waals surface area contributed by atoms with Crippen LogP contribution in [0.25, 0.3) is 0 Å². The second-order valence-corrected chi connectivity index (χ2v) is 5.62. The molecule has 0 atom stereocenters. The van der Waals surface area contributed by atoms with Crippen LogP contribution in [0.3, 0.4) is 0 Å². The molecule has 0 saturated heterocycles. The van der Waals surface area contributed by atoms with Gasteiger partial charge in [-0.05, 0) is 19.0 Å². The number of anilines is 1. The molecule has 0 fully saturated rings. The number of aromatic nitrogens is 2. The summed E-state index contributed by atoms with van der Waals surface area (Å²) in [5, 5.41) is 12.2. The van der Waals surface area contributed by atoms with Crippen molar-refractivity contribution in [2.24, 2.45) is 0 Å². The molecule has 0 spiro atoms. The first-order valence-electron chi connectivity index (χ1n) is 6.52. The molecule has 1 N–H and O–H groups in total. The van der Waals surface area contributed by atoms with Crippen LogP contribution in [-0.2, 0) is 17.8 Å². The van der Waals surface area contributed by atoms with Gasteiger partial charge in [-0.3, -0.25) is 15.0 Å². The van der Waals surface area contributed by atoms with Crippen LogP contribution in [0.1, 0.15) is 17.5 Å². The van der Waals surface area contributed by atoms with Gasteiger partial charge in [0.25, 0.3) is 0 Å². The van der Waals surface area contributed by atoms with E-state index in [9.17, 15) is 4.79 Å². The first-order valence-corrected chi connectivity index (χ1v) is 7.33. The van der Waals surface area contributed by atoms with Gasteiger partial charge in [0.15, 0.2) is 0 Å². The topological polar surface area (TPSA) is 58.1 Å². The van der Waals surface area contributed by atoms with Crippen LogP contribution in [0.4, 0.5) is 5.13 Å². The summed E-state index contributed by atoms with van der Waals surface area (Å²) >= 11 is 1.42. The van der Waals surface area contributed by atoms with E-state index in [2.05, 4.69) is 15.5 Å². The van der Waals surface area contributed by atoms with Crippen molar-refractivity contribution in [1.29, 1.82) is 0 Å². The third kappa shape index (κ3) is 4.40. The van der Waals surface area contributed by atoms with E-state index in [1.165, 1.54) is 16.9 Å². The van der Waals surface area contributed by atoms with Crippen molar-refractivity contribution in [3.63, 3.8) is 0 Å². The van der Waals surface area contributed by atoms with Crippen LogP contribution < -0.4 is 5.32 Å². The fraction of sp³-hybridized carbons (Fsp3) is 0.357. The third-order valence-corrected chi connectivity index (χ3v) is 3.71. The monoisotopic (exact) mass is 290 g/mol. The van der Waals surface area contributed by atoms with Gasteiger partial charge >= 0.3 is 0 Å². The van der Waals surface area contributed by atoms with Gasteiger partial charge < -0.3 is 0 Å². The number of hydrogen-bond donors (Lipinski definition) is 1. The molecule has 0 saturated carbocycles. The summed E-state index contributed by atoms with van der Waals surface area (Å²) in [5.74, 6) is -0.0674. The maximum Gasteiger partial charge on any atom is 0.240 e. The summed E-state index contributed by atoms with van der Waals surface area (Å²) in [6.07, 6.45) is 0.835. The Bertz CT molecular complexity index is 555. The minimum atomic E-state index is -0.0674. The molecule has 1 aromatic heterocycles. The van der Waals surface area contributed by atoms with Crippen molar-refractivity contribution < 1.29 is 4.79 Å². The largest absolute Gasteiger partial charge is 0.299 e. The Labute approximate surface area is 122 Å². The molecule has 0 aliphatic heterocycles. The van der Waals surface area contributed by atoms with Gasteiger partial charge in [0.05, 0.1) is 6.54 Å². The molecule has 2 rings (SSSR count). The van der Waals surface area contributed by atoms with Crippen LogP contribution in [-0.4, -0.2) is 34.6 Å². The minimum Gasteiger partial charge on any atom is -0.299 e. The summed E-state index contributed by atoms with van der Waals surface area (Å²) < 4.78 is 0. The van der Waals surface area contributed by atoms with Gasteiger partial charge in [0.2, 0.25) is 11.0 Å². The number of nitrogens with one attached hydrogen (secondary N) is 1. The third-order valence-electron chi connectivity index (χ3n) is 2.72. The van der Waals surface area contributed by atoms with E-state index in [1.807, 2.05) is 49.2 Å². The van der Waals surface area contributed by atoms with E-state index in [0.29, 0.717) is 11.7 Å². The summed E-state index contributed by atoms with van der Waals surface area (Å²) in [6, 6.07) is 10.1. The van der Waals surface area contributed by atoms with E-state index >= 15 is 0 Å². The zero-order valence-corrected chi connectivity index (χ0v) is 12.5. The second-order valence-electron chi connectivity index (χ2n) is 4.56. The normalized spacial score (nSPS) is 10.8. The predicted octanol–water partition coefficient (Wildman–Crippen LogP) is 2.17. The summed E-state index contributed by atoms with van der Waals surface area (Å²) in [4.78, 5) is 13.9. The van der Waals surface area contributed by atoms with Gasteiger partial charge in [-0.15, -0.1) is 10.2 Å². The number of likely N-dealkylation sites (N-methyl/N-ethyl adjacent to an activating group) is 1. The Morgan fingerprint density at radius 2 is 2.05 bits per heavy atom. The lowest BCUT2D eigenvalue weighted by Crippen LogP contribution is -2.29. The lowest BCUT2D eigenvalue weighted by molar-refractivity contribution is -0.117. The molecule has 5 nitrogen and oxygen atoms in total. The molecule has 0 aliphatic carbocycles. The van der Waals surface area contributed by atoms with Crippen molar-refractivity contribution >= 4 is 22.4 Å². The molecule has 20 heavy (non-hydrogen) atoms. The highest BCUT2D eigenvalue weighted by Crippen LogP contribution is 2.15. The molecule has 0 aliphatic rings. The second kappa shape index (κ2) is 7.12. The maximum absolute atomic E-state index is 11.9. The number of nitrogens with zero attached hydrogens (tertiary/aromatic N) is 3. The average Bonchev–Trinajstić information content (AvgIpc) is 2.87. The summed E-state index contributed by atoms with van der Waals surface area (Å²) in [5.41, 5.74) is 1.19. The van der Waals surface area contributed by atoms with Crippen LogP contribution in [0, 0.1) is 0 Å². The molecule has 106 valence electrons. The molecule has 0 bridgehead atoms. The molecule has 0 unspecified atom stereocenters. The Morgan fingerprint density at radius 1 is 1.30 bits per heavy atom. The van der Waals surface area contributed by atoms with E-state index in [0.717, 1.165) is 18.0 Å². The Balaban J connectivity index is 1.81. The van der Waals surface area contributed by atoms with Crippen LogP contribution in [0.15, 0.2) is 30.3 Å². The smallest absolute Gasteiger partial charge is 0.240 e. The number of rotatable bonds is 6. The highest BCUT2D eigenvalue weighted by molar-refractivity contribution is 7.15. The van der Waals surface area contributed by atoms with Gasteiger partial charge in [-0.2, -0.15) is 0 Å². The first kappa shape index (κ1) is 14.6. The number of carbonyl (C=O) groups excluding carboxylic acids is 1. The van der Waals surface area contributed by atoms with E-state index in [1.54, 1.807) is 0 Å². The lowest BCUT2D eigenvalue weighted by Gasteiger charge is -2.15. The van der Waals surface area contributed by atoms with Gasteiger partial charge in [0.1, 0.15) is 5.01 Å². The molecule has 0 radical (unpaired) electrons. The quantitative estimate of drug-likeness (QED) is 0.886. The van der Waals surface area contributed by atoms with Crippen molar-refractivity contribution in [3.05, 3.63) is 40.9 Å². The van der Waals surface area contributed by atoms with Crippen molar-refractivity contribution in [1.82, 2.24) is 15.1 Å². The lowest BCUT2D eigenvalue weighted by atomic mass is 10.2. The Morgan fingerprint density at radius 3 is 2.70 bits per heavy atom. The van der Waals surface area contributed by atoms with E-state index < -0.39 is 0 Å². The van der Waals surface area contributed by atoms with Crippen molar-refractivity contribution in [2.45, 2.75) is 19.9 Å². The minimum absolute atomic E-state index is 0.0674. The van der Waals surface area contributed by atoms with Gasteiger partial charge in [0, 0.05) is 6.54 Å². The Kier molecular flexibility index (Phi) is 5.20. The number of benzene rings is 1. The fourth-order valence-electron chi connectivity index (χ4n) is 1.80. The summed E-state index contributed by atoms with van der Waals surface area (Å²) in [7, 11) is 1.92.